The van der Waals surface area contributed by atoms with Gasteiger partial charge in [-0.1, -0.05) is 12.1 Å². The summed E-state index contributed by atoms with van der Waals surface area (Å²) in [7, 11) is 1.64. The van der Waals surface area contributed by atoms with Gasteiger partial charge in [-0.3, -0.25) is 0 Å². The highest BCUT2D eigenvalue weighted by atomic mass is 32.2. The van der Waals surface area contributed by atoms with Crippen LogP contribution in [0.3, 0.4) is 0 Å². The van der Waals surface area contributed by atoms with Crippen LogP contribution in [0.5, 0.6) is 5.88 Å². The number of methoxy groups -OCH3 is 1. The van der Waals surface area contributed by atoms with E-state index in [0.29, 0.717) is 12.4 Å². The molecule has 0 fully saturated rings. The van der Waals surface area contributed by atoms with Gasteiger partial charge in [0.05, 0.1) is 13.7 Å². The average molecular weight is 312 g/mol. The monoisotopic (exact) mass is 312 g/mol. The molecule has 22 heavy (non-hydrogen) atoms. The Kier molecular flexibility index (Phi) is 4.39. The normalized spacial score (nSPS) is 10.6. The number of thioether (sulfide) groups is 1. The van der Waals surface area contributed by atoms with E-state index in [1.165, 1.54) is 11.2 Å². The van der Waals surface area contributed by atoms with Crippen LogP contribution in [0.2, 0.25) is 0 Å². The first-order valence-corrected chi connectivity index (χ1v) is 8.02. The molecule has 0 unspecified atom stereocenters. The van der Waals surface area contributed by atoms with Crippen molar-refractivity contribution in [3.63, 3.8) is 0 Å². The molecule has 2 heterocycles. The highest BCUT2D eigenvalue weighted by Crippen LogP contribution is 2.31. The Morgan fingerprint density at radius 3 is 2.91 bits per heavy atom. The van der Waals surface area contributed by atoms with Crippen molar-refractivity contribution in [2.24, 2.45) is 0 Å². The largest absolute Gasteiger partial charge is 0.481 e. The van der Waals surface area contributed by atoms with E-state index in [9.17, 15) is 0 Å². The second kappa shape index (κ2) is 6.62. The Bertz CT molecular complexity index is 759. The molecule has 2 aromatic heterocycles. The standard InChI is InChI=1S/C16H16N4OS/c1-21-16-15(13-4-3-5-14(7-13)22-2)6-12(8-18-16)9-20-11-17-10-19-20/h3-8,10-11H,9H2,1-2H3. The van der Waals surface area contributed by atoms with Gasteiger partial charge in [0.25, 0.3) is 0 Å². The Hall–Kier alpha value is -2.34. The molecular formula is C16H16N4OS. The van der Waals surface area contributed by atoms with Gasteiger partial charge in [-0.05, 0) is 35.6 Å². The lowest BCUT2D eigenvalue weighted by molar-refractivity contribution is 0.399. The van der Waals surface area contributed by atoms with Crippen molar-refractivity contribution in [1.29, 1.82) is 0 Å². The van der Waals surface area contributed by atoms with Crippen LogP contribution in [0.25, 0.3) is 11.1 Å². The van der Waals surface area contributed by atoms with Crippen molar-refractivity contribution in [3.05, 3.63) is 54.7 Å². The lowest BCUT2D eigenvalue weighted by Crippen LogP contribution is -2.02. The Balaban J connectivity index is 2.00. The summed E-state index contributed by atoms with van der Waals surface area (Å²) >= 11 is 1.72. The van der Waals surface area contributed by atoms with Crippen molar-refractivity contribution in [3.8, 4) is 17.0 Å². The summed E-state index contributed by atoms with van der Waals surface area (Å²) in [5, 5.41) is 4.13. The van der Waals surface area contributed by atoms with Gasteiger partial charge in [0.2, 0.25) is 5.88 Å². The number of hydrogen-bond acceptors (Lipinski definition) is 5. The van der Waals surface area contributed by atoms with Crippen molar-refractivity contribution >= 4 is 11.8 Å². The zero-order chi connectivity index (χ0) is 15.4. The molecular weight excluding hydrogens is 296 g/mol. The minimum absolute atomic E-state index is 0.626. The van der Waals surface area contributed by atoms with E-state index in [4.69, 9.17) is 4.74 Å². The third-order valence-electron chi connectivity index (χ3n) is 3.29. The molecule has 5 nitrogen and oxygen atoms in total. The van der Waals surface area contributed by atoms with Gasteiger partial charge < -0.3 is 4.74 Å². The molecule has 0 aliphatic carbocycles. The predicted molar refractivity (Wildman–Crippen MR) is 87.1 cm³/mol. The number of ether oxygens (including phenoxy) is 1. The van der Waals surface area contributed by atoms with Gasteiger partial charge in [-0.25, -0.2) is 14.6 Å². The molecule has 112 valence electrons. The number of benzene rings is 1. The van der Waals surface area contributed by atoms with Crippen molar-refractivity contribution < 1.29 is 4.74 Å². The number of pyridine rings is 1. The summed E-state index contributed by atoms with van der Waals surface area (Å²) in [4.78, 5) is 9.59. The maximum absolute atomic E-state index is 5.41. The van der Waals surface area contributed by atoms with Gasteiger partial charge in [0.1, 0.15) is 12.7 Å². The van der Waals surface area contributed by atoms with E-state index in [0.717, 1.165) is 16.7 Å². The van der Waals surface area contributed by atoms with Crippen LogP contribution >= 0.6 is 11.8 Å². The van der Waals surface area contributed by atoms with Gasteiger partial charge in [-0.2, -0.15) is 5.10 Å². The molecule has 3 aromatic rings. The summed E-state index contributed by atoms with van der Waals surface area (Å²) in [6.45, 7) is 0.631. The van der Waals surface area contributed by atoms with Crippen LogP contribution in [0.4, 0.5) is 0 Å². The molecule has 0 bridgehead atoms. The molecule has 0 aliphatic heterocycles. The molecule has 0 spiro atoms. The minimum atomic E-state index is 0.626. The van der Waals surface area contributed by atoms with Gasteiger partial charge in [0, 0.05) is 16.7 Å². The van der Waals surface area contributed by atoms with E-state index in [2.05, 4.69) is 45.6 Å². The lowest BCUT2D eigenvalue weighted by atomic mass is 10.1. The quantitative estimate of drug-likeness (QED) is 0.678. The maximum atomic E-state index is 5.41. The molecule has 6 heteroatoms. The highest BCUT2D eigenvalue weighted by molar-refractivity contribution is 7.98. The molecule has 0 radical (unpaired) electrons. The fourth-order valence-electron chi connectivity index (χ4n) is 2.24. The number of aromatic nitrogens is 4. The van der Waals surface area contributed by atoms with Gasteiger partial charge in [0.15, 0.2) is 0 Å². The van der Waals surface area contributed by atoms with E-state index >= 15 is 0 Å². The van der Waals surface area contributed by atoms with E-state index in [-0.39, 0.29) is 0 Å². The molecule has 0 atom stereocenters. The second-order valence-electron chi connectivity index (χ2n) is 4.73. The van der Waals surface area contributed by atoms with Crippen LogP contribution < -0.4 is 4.74 Å². The smallest absolute Gasteiger partial charge is 0.221 e. The average Bonchev–Trinajstić information content (AvgIpc) is 3.08. The maximum Gasteiger partial charge on any atom is 0.221 e. The third kappa shape index (κ3) is 3.12. The molecule has 0 aliphatic rings. The van der Waals surface area contributed by atoms with Crippen LogP contribution in [0, 0.1) is 0 Å². The molecule has 0 N–H and O–H groups in total. The van der Waals surface area contributed by atoms with Crippen molar-refractivity contribution in [1.82, 2.24) is 19.7 Å². The molecule has 0 saturated heterocycles. The van der Waals surface area contributed by atoms with Gasteiger partial charge >= 0.3 is 0 Å². The molecule has 0 saturated carbocycles. The van der Waals surface area contributed by atoms with E-state index in [1.807, 2.05) is 12.3 Å². The van der Waals surface area contributed by atoms with E-state index < -0.39 is 0 Å². The third-order valence-corrected chi connectivity index (χ3v) is 4.02. The van der Waals surface area contributed by atoms with Crippen molar-refractivity contribution in [2.45, 2.75) is 11.4 Å². The Morgan fingerprint density at radius 1 is 1.27 bits per heavy atom. The summed E-state index contributed by atoms with van der Waals surface area (Å²) in [5.41, 5.74) is 3.13. The zero-order valence-electron chi connectivity index (χ0n) is 12.4. The number of nitrogens with zero attached hydrogens (tertiary/aromatic N) is 4. The topological polar surface area (TPSA) is 52.8 Å². The highest BCUT2D eigenvalue weighted by Gasteiger charge is 2.10. The van der Waals surface area contributed by atoms with Crippen LogP contribution in [0.1, 0.15) is 5.56 Å². The molecule has 0 amide bonds. The fraction of sp³-hybridized carbons (Fsp3) is 0.188. The molecule has 3 rings (SSSR count). The summed E-state index contributed by atoms with van der Waals surface area (Å²) < 4.78 is 7.18. The second-order valence-corrected chi connectivity index (χ2v) is 5.61. The van der Waals surface area contributed by atoms with Crippen molar-refractivity contribution in [2.75, 3.05) is 13.4 Å². The summed E-state index contributed by atoms with van der Waals surface area (Å²) in [5.74, 6) is 0.626. The summed E-state index contributed by atoms with van der Waals surface area (Å²) in [6, 6.07) is 10.4. The summed E-state index contributed by atoms with van der Waals surface area (Å²) in [6.07, 6.45) is 7.09. The first-order valence-electron chi connectivity index (χ1n) is 6.80. The fourth-order valence-corrected chi connectivity index (χ4v) is 2.70. The van der Waals surface area contributed by atoms with Gasteiger partial charge in [-0.15, -0.1) is 11.8 Å². The lowest BCUT2D eigenvalue weighted by Gasteiger charge is -2.11. The van der Waals surface area contributed by atoms with E-state index in [1.54, 1.807) is 29.9 Å². The number of rotatable bonds is 5. The first-order chi connectivity index (χ1) is 10.8. The van der Waals surface area contributed by atoms with Crippen LogP contribution in [0.15, 0.2) is 54.1 Å². The first kappa shape index (κ1) is 14.6. The zero-order valence-corrected chi connectivity index (χ0v) is 13.2. The van der Waals surface area contributed by atoms with Crippen LogP contribution in [-0.2, 0) is 6.54 Å². The minimum Gasteiger partial charge on any atom is -0.481 e. The van der Waals surface area contributed by atoms with Crippen LogP contribution in [-0.4, -0.2) is 33.1 Å². The SMILES string of the molecule is COc1ncc(Cn2cncn2)cc1-c1cccc(SC)c1. The molecule has 1 aromatic carbocycles. The predicted octanol–water partition coefficient (Wildman–Crippen LogP) is 3.12. The Labute approximate surface area is 133 Å². The number of hydrogen-bond donors (Lipinski definition) is 0. The Morgan fingerprint density at radius 2 is 2.18 bits per heavy atom.